The number of alkyl halides is 3. The molecule has 0 spiro atoms. The summed E-state index contributed by atoms with van der Waals surface area (Å²) < 4.78 is 40.3. The minimum atomic E-state index is -4.45. The zero-order valence-corrected chi connectivity index (χ0v) is 20.3. The van der Waals surface area contributed by atoms with E-state index in [1.165, 1.54) is 12.3 Å². The van der Waals surface area contributed by atoms with Gasteiger partial charge in [0.25, 0.3) is 0 Å². The molecule has 35 heavy (non-hydrogen) atoms. The first-order valence-electron chi connectivity index (χ1n) is 11.5. The molecule has 186 valence electrons. The number of aromatic nitrogens is 4. The zero-order chi connectivity index (χ0) is 25.0. The van der Waals surface area contributed by atoms with Gasteiger partial charge in [0.2, 0.25) is 11.9 Å². The van der Waals surface area contributed by atoms with Gasteiger partial charge in [0.1, 0.15) is 11.6 Å². The van der Waals surface area contributed by atoms with Crippen molar-refractivity contribution >= 4 is 29.3 Å². The Hall–Kier alpha value is -3.14. The zero-order valence-electron chi connectivity index (χ0n) is 19.6. The van der Waals surface area contributed by atoms with Crippen LogP contribution in [0.25, 0.3) is 0 Å². The number of rotatable bonds is 7. The van der Waals surface area contributed by atoms with Crippen LogP contribution >= 0.6 is 11.6 Å². The first kappa shape index (κ1) is 25.0. The van der Waals surface area contributed by atoms with E-state index in [0.717, 1.165) is 18.1 Å². The second kappa shape index (κ2) is 10.6. The molecule has 1 aliphatic heterocycles. The molecule has 4 rings (SSSR count). The van der Waals surface area contributed by atoms with Crippen LogP contribution < -0.4 is 15.1 Å². The summed E-state index contributed by atoms with van der Waals surface area (Å²) in [6.45, 7) is 5.67. The number of aryl methyl sites for hydroxylation is 2. The maximum absolute atomic E-state index is 13.4. The molecule has 7 nitrogen and oxygen atoms in total. The fraction of sp³-hybridized carbons (Fsp3) is 0.417. The van der Waals surface area contributed by atoms with E-state index in [-0.39, 0.29) is 11.9 Å². The van der Waals surface area contributed by atoms with Gasteiger partial charge in [-0.25, -0.2) is 4.98 Å². The van der Waals surface area contributed by atoms with E-state index < -0.39 is 11.7 Å². The van der Waals surface area contributed by atoms with E-state index in [0.29, 0.717) is 55.3 Å². The Kier molecular flexibility index (Phi) is 7.59. The first-order chi connectivity index (χ1) is 16.7. The SMILES string of the molecule is CC(C)Nc1nc(CCc2cccc(Cl)c2)nc(N2CCN(c3ncccc3C(F)(F)F)CC2)n1. The lowest BCUT2D eigenvalue weighted by atomic mass is 10.1. The highest BCUT2D eigenvalue weighted by Crippen LogP contribution is 2.35. The minimum absolute atomic E-state index is 0.0420. The second-order valence-electron chi connectivity index (χ2n) is 8.65. The van der Waals surface area contributed by atoms with Gasteiger partial charge in [-0.3, -0.25) is 0 Å². The third-order valence-corrected chi connectivity index (χ3v) is 5.80. The average Bonchev–Trinajstić information content (AvgIpc) is 2.82. The van der Waals surface area contributed by atoms with Gasteiger partial charge >= 0.3 is 6.18 Å². The summed E-state index contributed by atoms with van der Waals surface area (Å²) >= 11 is 6.10. The number of nitrogens with one attached hydrogen (secondary N) is 1. The maximum atomic E-state index is 13.4. The standard InChI is InChI=1S/C24H27ClF3N7/c1-16(2)30-22-31-20(9-8-17-5-3-6-18(25)15-17)32-23(33-22)35-13-11-34(12-14-35)21-19(24(26,27)28)7-4-10-29-21/h3-7,10,15-16H,8-9,11-14H2,1-2H3,(H,30,31,32,33). The molecule has 1 aliphatic rings. The van der Waals surface area contributed by atoms with Crippen LogP contribution in [-0.4, -0.2) is 52.2 Å². The molecule has 0 atom stereocenters. The number of nitrogens with zero attached hydrogens (tertiary/aromatic N) is 6. The van der Waals surface area contributed by atoms with Gasteiger partial charge in [-0.2, -0.15) is 28.1 Å². The fourth-order valence-corrected chi connectivity index (χ4v) is 4.13. The number of piperazine rings is 1. The van der Waals surface area contributed by atoms with Crippen LogP contribution in [0, 0.1) is 0 Å². The van der Waals surface area contributed by atoms with Gasteiger partial charge in [-0.05, 0) is 50.1 Å². The van der Waals surface area contributed by atoms with E-state index in [2.05, 4.69) is 25.3 Å². The van der Waals surface area contributed by atoms with Gasteiger partial charge in [0, 0.05) is 49.9 Å². The van der Waals surface area contributed by atoms with Crippen molar-refractivity contribution in [2.45, 2.75) is 38.9 Å². The molecular formula is C24H27ClF3N7. The first-order valence-corrected chi connectivity index (χ1v) is 11.8. The quantitative estimate of drug-likeness (QED) is 0.491. The highest BCUT2D eigenvalue weighted by Gasteiger charge is 2.36. The molecule has 0 aliphatic carbocycles. The Bertz CT molecular complexity index is 1150. The van der Waals surface area contributed by atoms with Gasteiger partial charge in [0.05, 0.1) is 5.56 Å². The molecular weight excluding hydrogens is 479 g/mol. The number of hydrogen-bond acceptors (Lipinski definition) is 7. The summed E-state index contributed by atoms with van der Waals surface area (Å²) in [4.78, 5) is 21.5. The van der Waals surface area contributed by atoms with Crippen molar-refractivity contribution in [3.05, 3.63) is 64.6 Å². The smallest absolute Gasteiger partial charge is 0.353 e. The summed E-state index contributed by atoms with van der Waals surface area (Å²) in [5.41, 5.74) is 0.364. The molecule has 3 aromatic rings. The van der Waals surface area contributed by atoms with E-state index in [4.69, 9.17) is 11.6 Å². The summed E-state index contributed by atoms with van der Waals surface area (Å²) in [6, 6.07) is 10.2. The summed E-state index contributed by atoms with van der Waals surface area (Å²) in [7, 11) is 0. The van der Waals surface area contributed by atoms with Crippen molar-refractivity contribution in [3.8, 4) is 0 Å². The molecule has 1 saturated heterocycles. The topological polar surface area (TPSA) is 70.1 Å². The van der Waals surface area contributed by atoms with Crippen LogP contribution in [-0.2, 0) is 19.0 Å². The molecule has 2 aromatic heterocycles. The fourth-order valence-electron chi connectivity index (χ4n) is 3.92. The lowest BCUT2D eigenvalue weighted by Gasteiger charge is -2.36. The molecule has 0 unspecified atom stereocenters. The Balaban J connectivity index is 1.50. The average molecular weight is 506 g/mol. The third kappa shape index (κ3) is 6.50. The van der Waals surface area contributed by atoms with Crippen LogP contribution in [0.1, 0.15) is 30.8 Å². The molecule has 0 bridgehead atoms. The van der Waals surface area contributed by atoms with Crippen molar-refractivity contribution in [1.82, 2.24) is 19.9 Å². The van der Waals surface area contributed by atoms with Crippen molar-refractivity contribution in [2.75, 3.05) is 41.3 Å². The van der Waals surface area contributed by atoms with Crippen LogP contribution in [0.4, 0.5) is 30.9 Å². The molecule has 0 amide bonds. The van der Waals surface area contributed by atoms with Crippen LogP contribution in [0.2, 0.25) is 5.02 Å². The summed E-state index contributed by atoms with van der Waals surface area (Å²) in [5.74, 6) is 1.60. The van der Waals surface area contributed by atoms with E-state index in [1.807, 2.05) is 43.0 Å². The molecule has 11 heteroatoms. The van der Waals surface area contributed by atoms with E-state index in [9.17, 15) is 13.2 Å². The Morgan fingerprint density at radius 3 is 2.40 bits per heavy atom. The monoisotopic (exact) mass is 505 g/mol. The number of anilines is 3. The van der Waals surface area contributed by atoms with Gasteiger partial charge < -0.3 is 15.1 Å². The predicted octanol–water partition coefficient (Wildman–Crippen LogP) is 4.87. The largest absolute Gasteiger partial charge is 0.419 e. The second-order valence-corrected chi connectivity index (χ2v) is 9.09. The van der Waals surface area contributed by atoms with Crippen molar-refractivity contribution in [3.63, 3.8) is 0 Å². The number of halogens is 4. The number of hydrogen-bond donors (Lipinski definition) is 1. The van der Waals surface area contributed by atoms with Gasteiger partial charge in [-0.1, -0.05) is 23.7 Å². The molecule has 1 fully saturated rings. The van der Waals surface area contributed by atoms with Crippen LogP contribution in [0.5, 0.6) is 0 Å². The molecule has 0 saturated carbocycles. The maximum Gasteiger partial charge on any atom is 0.419 e. The lowest BCUT2D eigenvalue weighted by Crippen LogP contribution is -2.48. The Morgan fingerprint density at radius 2 is 1.71 bits per heavy atom. The number of benzene rings is 1. The summed E-state index contributed by atoms with van der Waals surface area (Å²) in [6.07, 6.45) is -1.74. The van der Waals surface area contributed by atoms with Crippen molar-refractivity contribution < 1.29 is 13.2 Å². The molecule has 3 heterocycles. The van der Waals surface area contributed by atoms with Gasteiger partial charge in [0.15, 0.2) is 0 Å². The highest BCUT2D eigenvalue weighted by molar-refractivity contribution is 6.30. The third-order valence-electron chi connectivity index (χ3n) is 5.57. The summed E-state index contributed by atoms with van der Waals surface area (Å²) in [5, 5.41) is 3.92. The Morgan fingerprint density at radius 1 is 0.971 bits per heavy atom. The lowest BCUT2D eigenvalue weighted by molar-refractivity contribution is -0.137. The van der Waals surface area contributed by atoms with E-state index in [1.54, 1.807) is 4.90 Å². The number of pyridine rings is 1. The molecule has 1 N–H and O–H groups in total. The highest BCUT2D eigenvalue weighted by atomic mass is 35.5. The Labute approximate surface area is 207 Å². The van der Waals surface area contributed by atoms with Crippen molar-refractivity contribution in [1.29, 1.82) is 0 Å². The van der Waals surface area contributed by atoms with Gasteiger partial charge in [-0.15, -0.1) is 0 Å². The predicted molar refractivity (Wildman–Crippen MR) is 131 cm³/mol. The minimum Gasteiger partial charge on any atom is -0.353 e. The molecule has 1 aromatic carbocycles. The van der Waals surface area contributed by atoms with Crippen molar-refractivity contribution in [2.24, 2.45) is 0 Å². The molecule has 0 radical (unpaired) electrons. The van der Waals surface area contributed by atoms with Crippen LogP contribution in [0.15, 0.2) is 42.6 Å². The van der Waals surface area contributed by atoms with E-state index >= 15 is 0 Å². The van der Waals surface area contributed by atoms with Crippen LogP contribution in [0.3, 0.4) is 0 Å². The normalized spacial score (nSPS) is 14.5.